The Bertz CT molecular complexity index is 762. The first-order chi connectivity index (χ1) is 13.1. The molecule has 144 valence electrons. The molecule has 3 rings (SSSR count). The average molecular weight is 368 g/mol. The van der Waals surface area contributed by atoms with E-state index in [0.717, 1.165) is 49.6 Å². The summed E-state index contributed by atoms with van der Waals surface area (Å²) in [4.78, 5) is 29.8. The second kappa shape index (κ2) is 8.90. The smallest absolute Gasteiger partial charge is 0.236 e. The molecule has 0 radical (unpaired) electrons. The van der Waals surface area contributed by atoms with E-state index in [1.165, 1.54) is 0 Å². The standard InChI is InChI=1S/C20H28N6O/c1-4-25(5-2)20(27)14-26-10-6-7-18(26)17-12-16(11-15(3)23-17)24-19-13-21-8-9-22-19/h8-9,11-13,18H,4-7,10,14H2,1-3H3,(H,22,23,24)/t18-/m0/s1. The Morgan fingerprint density at radius 3 is 2.81 bits per heavy atom. The lowest BCUT2D eigenvalue weighted by molar-refractivity contribution is -0.132. The fraction of sp³-hybridized carbons (Fsp3) is 0.500. The largest absolute Gasteiger partial charge is 0.342 e. The van der Waals surface area contributed by atoms with Crippen LogP contribution in [-0.2, 0) is 4.79 Å². The van der Waals surface area contributed by atoms with Crippen LogP contribution >= 0.6 is 0 Å². The predicted molar refractivity (Wildman–Crippen MR) is 106 cm³/mol. The summed E-state index contributed by atoms with van der Waals surface area (Å²) in [7, 11) is 0. The third kappa shape index (κ3) is 4.80. The molecule has 7 nitrogen and oxygen atoms in total. The van der Waals surface area contributed by atoms with Crippen molar-refractivity contribution in [3.63, 3.8) is 0 Å². The maximum absolute atomic E-state index is 12.5. The summed E-state index contributed by atoms with van der Waals surface area (Å²) in [5.41, 5.74) is 2.90. The summed E-state index contributed by atoms with van der Waals surface area (Å²) in [5, 5.41) is 3.29. The maximum Gasteiger partial charge on any atom is 0.236 e. The fourth-order valence-corrected chi connectivity index (χ4v) is 3.65. The molecule has 1 atom stereocenters. The normalized spacial score (nSPS) is 17.1. The lowest BCUT2D eigenvalue weighted by atomic mass is 10.1. The molecular weight excluding hydrogens is 340 g/mol. The maximum atomic E-state index is 12.5. The van der Waals surface area contributed by atoms with Crippen molar-refractivity contribution in [3.8, 4) is 0 Å². The lowest BCUT2D eigenvalue weighted by Crippen LogP contribution is -2.40. The zero-order valence-electron chi connectivity index (χ0n) is 16.4. The Morgan fingerprint density at radius 2 is 2.11 bits per heavy atom. The predicted octanol–water partition coefficient (Wildman–Crippen LogP) is 2.93. The van der Waals surface area contributed by atoms with Gasteiger partial charge in [-0.15, -0.1) is 0 Å². The Morgan fingerprint density at radius 1 is 1.30 bits per heavy atom. The van der Waals surface area contributed by atoms with Gasteiger partial charge in [0.15, 0.2) is 0 Å². The highest BCUT2D eigenvalue weighted by Gasteiger charge is 2.30. The van der Waals surface area contributed by atoms with Crippen LogP contribution in [0.4, 0.5) is 11.5 Å². The van der Waals surface area contributed by atoms with Gasteiger partial charge in [-0.25, -0.2) is 4.98 Å². The van der Waals surface area contributed by atoms with E-state index < -0.39 is 0 Å². The molecule has 1 aliphatic heterocycles. The summed E-state index contributed by atoms with van der Waals surface area (Å²) in [6, 6.07) is 4.23. The molecule has 1 saturated heterocycles. The molecule has 0 unspecified atom stereocenters. The van der Waals surface area contributed by atoms with Crippen molar-refractivity contribution in [1.29, 1.82) is 0 Å². The van der Waals surface area contributed by atoms with Gasteiger partial charge in [0.05, 0.1) is 24.5 Å². The van der Waals surface area contributed by atoms with Crippen LogP contribution in [0.5, 0.6) is 0 Å². The van der Waals surface area contributed by atoms with E-state index in [-0.39, 0.29) is 11.9 Å². The van der Waals surface area contributed by atoms with Gasteiger partial charge >= 0.3 is 0 Å². The number of hydrogen-bond acceptors (Lipinski definition) is 6. The molecule has 2 aromatic rings. The van der Waals surface area contributed by atoms with Crippen LogP contribution in [0.25, 0.3) is 0 Å². The van der Waals surface area contributed by atoms with Crippen molar-refractivity contribution in [2.24, 2.45) is 0 Å². The van der Waals surface area contributed by atoms with Gasteiger partial charge in [0.25, 0.3) is 0 Å². The van der Waals surface area contributed by atoms with Crippen molar-refractivity contribution in [2.45, 2.75) is 39.7 Å². The van der Waals surface area contributed by atoms with E-state index >= 15 is 0 Å². The third-order valence-electron chi connectivity index (χ3n) is 4.97. The first-order valence-corrected chi connectivity index (χ1v) is 9.64. The summed E-state index contributed by atoms with van der Waals surface area (Å²) >= 11 is 0. The zero-order chi connectivity index (χ0) is 19.2. The summed E-state index contributed by atoms with van der Waals surface area (Å²) in [5.74, 6) is 0.895. The van der Waals surface area contributed by atoms with E-state index in [1.54, 1.807) is 18.6 Å². The monoisotopic (exact) mass is 368 g/mol. The van der Waals surface area contributed by atoms with Gasteiger partial charge in [-0.2, -0.15) is 0 Å². The number of amides is 1. The van der Waals surface area contributed by atoms with Gasteiger partial charge in [0.2, 0.25) is 5.91 Å². The van der Waals surface area contributed by atoms with Crippen LogP contribution < -0.4 is 5.32 Å². The molecule has 0 aromatic carbocycles. The molecule has 1 aliphatic rings. The fourth-order valence-electron chi connectivity index (χ4n) is 3.65. The second-order valence-corrected chi connectivity index (χ2v) is 6.83. The quantitative estimate of drug-likeness (QED) is 0.810. The summed E-state index contributed by atoms with van der Waals surface area (Å²) < 4.78 is 0. The van der Waals surface area contributed by atoms with Crippen LogP contribution in [0, 0.1) is 6.92 Å². The van der Waals surface area contributed by atoms with Crippen LogP contribution in [-0.4, -0.2) is 56.8 Å². The van der Waals surface area contributed by atoms with Crippen molar-refractivity contribution in [3.05, 3.63) is 42.1 Å². The van der Waals surface area contributed by atoms with Crippen LogP contribution in [0.15, 0.2) is 30.7 Å². The highest BCUT2D eigenvalue weighted by molar-refractivity contribution is 5.78. The second-order valence-electron chi connectivity index (χ2n) is 6.83. The van der Waals surface area contributed by atoms with Crippen molar-refractivity contribution >= 4 is 17.4 Å². The number of anilines is 2. The van der Waals surface area contributed by atoms with E-state index in [9.17, 15) is 4.79 Å². The first kappa shape index (κ1) is 19.2. The lowest BCUT2D eigenvalue weighted by Gasteiger charge is -2.27. The van der Waals surface area contributed by atoms with Crippen LogP contribution in [0.1, 0.15) is 44.1 Å². The van der Waals surface area contributed by atoms with Gasteiger partial charge in [0, 0.05) is 36.9 Å². The van der Waals surface area contributed by atoms with E-state index in [4.69, 9.17) is 4.98 Å². The highest BCUT2D eigenvalue weighted by atomic mass is 16.2. The summed E-state index contributed by atoms with van der Waals surface area (Å²) in [6.45, 7) is 8.93. The number of nitrogens with zero attached hydrogens (tertiary/aromatic N) is 5. The molecule has 7 heteroatoms. The number of hydrogen-bond donors (Lipinski definition) is 1. The average Bonchev–Trinajstić information content (AvgIpc) is 3.11. The van der Waals surface area contributed by atoms with Crippen molar-refractivity contribution in [1.82, 2.24) is 24.8 Å². The number of rotatable bonds is 7. The molecule has 0 aliphatic carbocycles. The highest BCUT2D eigenvalue weighted by Crippen LogP contribution is 2.32. The Hall–Kier alpha value is -2.54. The molecule has 1 N–H and O–H groups in total. The molecular formula is C20H28N6O. The van der Waals surface area contributed by atoms with E-state index in [1.807, 2.05) is 31.7 Å². The molecule has 1 amide bonds. The number of nitrogens with one attached hydrogen (secondary N) is 1. The van der Waals surface area contributed by atoms with Crippen LogP contribution in [0.3, 0.4) is 0 Å². The van der Waals surface area contributed by atoms with Crippen molar-refractivity contribution < 1.29 is 4.79 Å². The van der Waals surface area contributed by atoms with Crippen LogP contribution in [0.2, 0.25) is 0 Å². The van der Waals surface area contributed by atoms with E-state index in [2.05, 4.69) is 26.3 Å². The molecule has 2 aromatic heterocycles. The van der Waals surface area contributed by atoms with Gasteiger partial charge in [-0.3, -0.25) is 19.7 Å². The number of likely N-dealkylation sites (tertiary alicyclic amines) is 1. The van der Waals surface area contributed by atoms with Crippen molar-refractivity contribution in [2.75, 3.05) is 31.5 Å². The molecule has 1 fully saturated rings. The minimum atomic E-state index is 0.173. The number of carbonyl (C=O) groups excluding carboxylic acids is 1. The molecule has 3 heterocycles. The SMILES string of the molecule is CCN(CC)C(=O)CN1CCC[C@H]1c1cc(Nc2cnccn2)cc(C)n1. The first-order valence-electron chi connectivity index (χ1n) is 9.64. The number of aromatic nitrogens is 3. The molecule has 0 spiro atoms. The zero-order valence-corrected chi connectivity index (χ0v) is 16.4. The number of aryl methyl sites for hydroxylation is 1. The topological polar surface area (TPSA) is 74.2 Å². The Kier molecular flexibility index (Phi) is 6.34. The minimum absolute atomic E-state index is 0.173. The van der Waals surface area contributed by atoms with E-state index in [0.29, 0.717) is 12.4 Å². The Labute approximate surface area is 160 Å². The molecule has 27 heavy (non-hydrogen) atoms. The Balaban J connectivity index is 1.77. The number of pyridine rings is 1. The van der Waals surface area contributed by atoms with Gasteiger partial charge in [-0.1, -0.05) is 0 Å². The van der Waals surface area contributed by atoms with Gasteiger partial charge in [-0.05, 0) is 52.3 Å². The summed E-state index contributed by atoms with van der Waals surface area (Å²) in [6.07, 6.45) is 7.11. The number of carbonyl (C=O) groups is 1. The molecule has 0 saturated carbocycles. The minimum Gasteiger partial charge on any atom is -0.342 e. The molecule has 0 bridgehead atoms. The van der Waals surface area contributed by atoms with Gasteiger partial charge in [0.1, 0.15) is 5.82 Å². The van der Waals surface area contributed by atoms with Gasteiger partial charge < -0.3 is 10.2 Å². The number of likely N-dealkylation sites (N-methyl/N-ethyl adjacent to an activating group) is 1. The third-order valence-corrected chi connectivity index (χ3v) is 4.97.